The number of rotatable bonds is 4. The second kappa shape index (κ2) is 5.88. The molecule has 0 bridgehead atoms. The van der Waals surface area contributed by atoms with Crippen LogP contribution in [0.2, 0.25) is 0 Å². The van der Waals surface area contributed by atoms with Crippen molar-refractivity contribution in [2.24, 2.45) is 17.8 Å². The number of nitrogens with two attached hydrogens (primary N) is 1. The highest BCUT2D eigenvalue weighted by molar-refractivity contribution is 14.1. The first-order valence-corrected chi connectivity index (χ1v) is 5.93. The Morgan fingerprint density at radius 3 is 2.94 bits per heavy atom. The van der Waals surface area contributed by atoms with Gasteiger partial charge in [0, 0.05) is 19.8 Å². The smallest absolute Gasteiger partial charge is 0.189 e. The minimum atomic E-state index is 0.421. The molecule has 0 unspecified atom stereocenters. The van der Waals surface area contributed by atoms with Gasteiger partial charge >= 0.3 is 0 Å². The van der Waals surface area contributed by atoms with Gasteiger partial charge < -0.3 is 11.1 Å². The van der Waals surface area contributed by atoms with Crippen molar-refractivity contribution in [1.29, 1.82) is 0 Å². The molecule has 0 spiro atoms. The van der Waals surface area contributed by atoms with E-state index in [9.17, 15) is 0 Å². The number of aliphatic imine (C=N–C) groups is 1. The first-order chi connectivity index (χ1) is 7.49. The van der Waals surface area contributed by atoms with Gasteiger partial charge in [-0.15, -0.1) is 0 Å². The summed E-state index contributed by atoms with van der Waals surface area (Å²) in [4.78, 5) is 4.20. The van der Waals surface area contributed by atoms with Gasteiger partial charge in [0.15, 0.2) is 5.96 Å². The van der Waals surface area contributed by atoms with E-state index in [4.69, 9.17) is 5.73 Å². The average Bonchev–Trinajstić information content (AvgIpc) is 2.51. The van der Waals surface area contributed by atoms with Gasteiger partial charge in [-0.2, -0.15) is 5.10 Å². The topological polar surface area (TPSA) is 68.2 Å². The Hall–Kier alpha value is -1.05. The zero-order valence-electron chi connectivity index (χ0n) is 9.50. The third-order valence-corrected chi connectivity index (χ3v) is 2.73. The molecule has 88 valence electrons. The van der Waals surface area contributed by atoms with Crippen LogP contribution in [0, 0.1) is 3.57 Å². The molecule has 0 radical (unpaired) electrons. The average molecular weight is 333 g/mol. The van der Waals surface area contributed by atoms with Crippen LogP contribution in [0.4, 0.5) is 0 Å². The van der Waals surface area contributed by atoms with Gasteiger partial charge in [0.25, 0.3) is 0 Å². The minimum absolute atomic E-state index is 0.421. The largest absolute Gasteiger partial charge is 0.370 e. The SMILES string of the molecule is C=C(C)CNC(N)=NCc1nn(C)cc1I. The zero-order chi connectivity index (χ0) is 12.1. The predicted molar refractivity (Wildman–Crippen MR) is 74.1 cm³/mol. The van der Waals surface area contributed by atoms with E-state index in [2.05, 4.69) is 44.6 Å². The molecule has 1 rings (SSSR count). The van der Waals surface area contributed by atoms with Crippen LogP contribution in [0.1, 0.15) is 12.6 Å². The third-order valence-electron chi connectivity index (χ3n) is 1.82. The van der Waals surface area contributed by atoms with E-state index in [0.29, 0.717) is 19.0 Å². The second-order valence-electron chi connectivity index (χ2n) is 3.61. The van der Waals surface area contributed by atoms with Crippen molar-refractivity contribution in [2.45, 2.75) is 13.5 Å². The molecule has 1 aromatic rings. The van der Waals surface area contributed by atoms with E-state index in [1.54, 1.807) is 4.68 Å². The van der Waals surface area contributed by atoms with E-state index in [-0.39, 0.29) is 0 Å². The maximum Gasteiger partial charge on any atom is 0.189 e. The summed E-state index contributed by atoms with van der Waals surface area (Å²) in [6.07, 6.45) is 1.95. The van der Waals surface area contributed by atoms with Crippen molar-refractivity contribution in [3.63, 3.8) is 0 Å². The van der Waals surface area contributed by atoms with Crippen LogP contribution in [-0.4, -0.2) is 22.3 Å². The Balaban J connectivity index is 2.52. The first-order valence-electron chi connectivity index (χ1n) is 4.85. The number of guanidine groups is 1. The van der Waals surface area contributed by atoms with E-state index in [0.717, 1.165) is 14.8 Å². The lowest BCUT2D eigenvalue weighted by atomic mass is 10.3. The van der Waals surface area contributed by atoms with Crippen LogP contribution >= 0.6 is 22.6 Å². The fourth-order valence-corrected chi connectivity index (χ4v) is 1.75. The molecule has 6 heteroatoms. The molecule has 1 aromatic heterocycles. The molecule has 0 amide bonds. The van der Waals surface area contributed by atoms with Crippen LogP contribution in [-0.2, 0) is 13.6 Å². The summed E-state index contributed by atoms with van der Waals surface area (Å²) >= 11 is 2.23. The number of aryl methyl sites for hydroxylation is 1. The van der Waals surface area contributed by atoms with Crippen molar-refractivity contribution >= 4 is 28.6 Å². The summed E-state index contributed by atoms with van der Waals surface area (Å²) in [6.45, 7) is 6.85. The summed E-state index contributed by atoms with van der Waals surface area (Å²) in [5.74, 6) is 0.421. The summed E-state index contributed by atoms with van der Waals surface area (Å²) in [5.41, 5.74) is 7.64. The monoisotopic (exact) mass is 333 g/mol. The fraction of sp³-hybridized carbons (Fsp3) is 0.400. The van der Waals surface area contributed by atoms with Crippen LogP contribution in [0.5, 0.6) is 0 Å². The Labute approximate surface area is 109 Å². The number of hydrogen-bond donors (Lipinski definition) is 2. The van der Waals surface area contributed by atoms with E-state index in [1.165, 1.54) is 0 Å². The highest BCUT2D eigenvalue weighted by Crippen LogP contribution is 2.09. The Bertz CT molecular complexity index is 407. The molecule has 1 heterocycles. The van der Waals surface area contributed by atoms with Crippen LogP contribution in [0.3, 0.4) is 0 Å². The molecule has 16 heavy (non-hydrogen) atoms. The van der Waals surface area contributed by atoms with Gasteiger partial charge in [-0.25, -0.2) is 4.99 Å². The van der Waals surface area contributed by atoms with Gasteiger partial charge in [0.1, 0.15) is 0 Å². The summed E-state index contributed by atoms with van der Waals surface area (Å²) in [5, 5.41) is 7.25. The highest BCUT2D eigenvalue weighted by atomic mass is 127. The van der Waals surface area contributed by atoms with E-state index < -0.39 is 0 Å². The van der Waals surface area contributed by atoms with E-state index >= 15 is 0 Å². The molecule has 0 fully saturated rings. The van der Waals surface area contributed by atoms with Crippen LogP contribution in [0.25, 0.3) is 0 Å². The van der Waals surface area contributed by atoms with Gasteiger partial charge in [0.05, 0.1) is 15.8 Å². The first kappa shape index (κ1) is 13.0. The lowest BCUT2D eigenvalue weighted by Crippen LogP contribution is -2.32. The minimum Gasteiger partial charge on any atom is -0.370 e. The number of nitrogens with zero attached hydrogens (tertiary/aromatic N) is 3. The van der Waals surface area contributed by atoms with Gasteiger partial charge in [-0.3, -0.25) is 4.68 Å². The number of nitrogens with one attached hydrogen (secondary N) is 1. The highest BCUT2D eigenvalue weighted by Gasteiger charge is 2.03. The molecule has 0 aliphatic carbocycles. The zero-order valence-corrected chi connectivity index (χ0v) is 11.7. The van der Waals surface area contributed by atoms with Gasteiger partial charge in [0.2, 0.25) is 0 Å². The third kappa shape index (κ3) is 4.21. The van der Waals surface area contributed by atoms with Crippen LogP contribution < -0.4 is 11.1 Å². The van der Waals surface area contributed by atoms with E-state index in [1.807, 2.05) is 20.2 Å². The van der Waals surface area contributed by atoms with Crippen LogP contribution in [0.15, 0.2) is 23.3 Å². The molecular formula is C10H16IN5. The molecule has 0 aliphatic rings. The molecular weight excluding hydrogens is 317 g/mol. The number of aromatic nitrogens is 2. The molecule has 3 N–H and O–H groups in total. The van der Waals surface area contributed by atoms with Gasteiger partial charge in [-0.05, 0) is 29.5 Å². The van der Waals surface area contributed by atoms with Gasteiger partial charge in [-0.1, -0.05) is 12.2 Å². The van der Waals surface area contributed by atoms with Crippen molar-refractivity contribution < 1.29 is 0 Å². The molecule has 5 nitrogen and oxygen atoms in total. The Morgan fingerprint density at radius 1 is 1.75 bits per heavy atom. The predicted octanol–water partition coefficient (Wildman–Crippen LogP) is 1.01. The lowest BCUT2D eigenvalue weighted by Gasteiger charge is -2.03. The standard InChI is InChI=1S/C10H16IN5/c1-7(2)4-13-10(12)14-5-9-8(11)6-16(3)15-9/h6H,1,4-5H2,2-3H3,(H3,12,13,14). The fourth-order valence-electron chi connectivity index (χ4n) is 1.07. The van der Waals surface area contributed by atoms with Crippen molar-refractivity contribution in [1.82, 2.24) is 15.1 Å². The maximum absolute atomic E-state index is 5.69. The number of halogens is 1. The summed E-state index contributed by atoms with van der Waals surface area (Å²) in [6, 6.07) is 0. The quantitative estimate of drug-likeness (QED) is 0.374. The number of hydrogen-bond acceptors (Lipinski definition) is 2. The Kier molecular flexibility index (Phi) is 4.78. The molecule has 0 aromatic carbocycles. The van der Waals surface area contributed by atoms with Crippen molar-refractivity contribution in [3.8, 4) is 0 Å². The molecule has 0 saturated heterocycles. The molecule has 0 atom stereocenters. The summed E-state index contributed by atoms with van der Waals surface area (Å²) in [7, 11) is 1.89. The Morgan fingerprint density at radius 2 is 2.44 bits per heavy atom. The second-order valence-corrected chi connectivity index (χ2v) is 4.77. The maximum atomic E-state index is 5.69. The molecule has 0 aliphatic heterocycles. The normalized spacial score (nSPS) is 11.6. The van der Waals surface area contributed by atoms with Crippen molar-refractivity contribution in [2.75, 3.05) is 6.54 Å². The molecule has 0 saturated carbocycles. The lowest BCUT2D eigenvalue weighted by molar-refractivity contribution is 0.742. The summed E-state index contributed by atoms with van der Waals surface area (Å²) < 4.78 is 2.86. The van der Waals surface area contributed by atoms with Crippen molar-refractivity contribution in [3.05, 3.63) is 27.6 Å².